The van der Waals surface area contributed by atoms with E-state index in [1.165, 1.54) is 31.7 Å². The summed E-state index contributed by atoms with van der Waals surface area (Å²) in [5, 5.41) is 14.3. The summed E-state index contributed by atoms with van der Waals surface area (Å²) in [5.41, 5.74) is 1.68. The SMILES string of the molecule is O=[N+]([O-])c1cccc(-c2cnc(CNC3CCCC3)[nH]2)c1. The second-order valence-corrected chi connectivity index (χ2v) is 5.41. The number of nitro groups is 1. The highest BCUT2D eigenvalue weighted by Crippen LogP contribution is 2.22. The number of imidazole rings is 1. The van der Waals surface area contributed by atoms with Crippen LogP contribution in [0.3, 0.4) is 0 Å². The number of rotatable bonds is 5. The fraction of sp³-hybridized carbons (Fsp3) is 0.400. The normalized spacial score (nSPS) is 15.4. The monoisotopic (exact) mass is 286 g/mol. The van der Waals surface area contributed by atoms with E-state index in [1.54, 1.807) is 18.3 Å². The third-order valence-corrected chi connectivity index (χ3v) is 3.91. The molecule has 110 valence electrons. The summed E-state index contributed by atoms with van der Waals surface area (Å²) in [6, 6.07) is 7.17. The lowest BCUT2D eigenvalue weighted by atomic mass is 10.1. The van der Waals surface area contributed by atoms with Crippen LogP contribution in [0.2, 0.25) is 0 Å². The first kappa shape index (κ1) is 13.8. The zero-order valence-electron chi connectivity index (χ0n) is 11.7. The van der Waals surface area contributed by atoms with Gasteiger partial charge in [0.05, 0.1) is 23.4 Å². The van der Waals surface area contributed by atoms with Gasteiger partial charge in [0.15, 0.2) is 0 Å². The van der Waals surface area contributed by atoms with Gasteiger partial charge in [-0.15, -0.1) is 0 Å². The molecule has 0 aliphatic heterocycles. The Labute approximate surface area is 122 Å². The second kappa shape index (κ2) is 6.05. The van der Waals surface area contributed by atoms with Gasteiger partial charge in [-0.05, 0) is 12.8 Å². The minimum absolute atomic E-state index is 0.0905. The number of aromatic amines is 1. The third kappa shape index (κ3) is 3.28. The predicted octanol–water partition coefficient (Wildman–Crippen LogP) is 3.02. The van der Waals surface area contributed by atoms with Gasteiger partial charge in [0.1, 0.15) is 5.82 Å². The average Bonchev–Trinajstić information content (AvgIpc) is 3.17. The van der Waals surface area contributed by atoms with Gasteiger partial charge in [-0.2, -0.15) is 0 Å². The molecule has 0 atom stereocenters. The van der Waals surface area contributed by atoms with Gasteiger partial charge in [-0.3, -0.25) is 10.1 Å². The molecule has 1 heterocycles. The quantitative estimate of drug-likeness (QED) is 0.653. The molecule has 0 bridgehead atoms. The van der Waals surface area contributed by atoms with Gasteiger partial charge < -0.3 is 10.3 Å². The fourth-order valence-electron chi connectivity index (χ4n) is 2.76. The molecule has 0 amide bonds. The molecule has 21 heavy (non-hydrogen) atoms. The van der Waals surface area contributed by atoms with Crippen LogP contribution in [-0.2, 0) is 6.54 Å². The van der Waals surface area contributed by atoms with Crippen molar-refractivity contribution in [3.05, 3.63) is 46.4 Å². The number of nitrogens with one attached hydrogen (secondary N) is 2. The standard InChI is InChI=1S/C15H18N4O2/c20-19(21)13-7-3-4-11(8-13)14-9-17-15(18-14)10-16-12-5-1-2-6-12/h3-4,7-9,12,16H,1-2,5-6,10H2,(H,17,18). The number of aromatic nitrogens is 2. The molecule has 3 rings (SSSR count). The number of hydrogen-bond acceptors (Lipinski definition) is 4. The van der Waals surface area contributed by atoms with Crippen LogP contribution in [-0.4, -0.2) is 20.9 Å². The summed E-state index contributed by atoms with van der Waals surface area (Å²) in [7, 11) is 0. The van der Waals surface area contributed by atoms with E-state index in [9.17, 15) is 10.1 Å². The van der Waals surface area contributed by atoms with Crippen LogP contribution in [0, 0.1) is 10.1 Å². The Morgan fingerprint density at radius 1 is 1.38 bits per heavy atom. The maximum absolute atomic E-state index is 10.8. The van der Waals surface area contributed by atoms with Gasteiger partial charge in [-0.25, -0.2) is 4.98 Å². The molecule has 1 aromatic heterocycles. The molecule has 1 aromatic carbocycles. The van der Waals surface area contributed by atoms with Gasteiger partial charge in [-0.1, -0.05) is 25.0 Å². The van der Waals surface area contributed by atoms with Crippen LogP contribution in [0.5, 0.6) is 0 Å². The minimum Gasteiger partial charge on any atom is -0.341 e. The largest absolute Gasteiger partial charge is 0.341 e. The highest BCUT2D eigenvalue weighted by atomic mass is 16.6. The summed E-state index contributed by atoms with van der Waals surface area (Å²) >= 11 is 0. The molecule has 1 fully saturated rings. The van der Waals surface area contributed by atoms with Crippen molar-refractivity contribution in [2.24, 2.45) is 0 Å². The Balaban J connectivity index is 1.69. The fourth-order valence-corrected chi connectivity index (χ4v) is 2.76. The molecule has 6 heteroatoms. The zero-order chi connectivity index (χ0) is 14.7. The first-order valence-electron chi connectivity index (χ1n) is 7.24. The van der Waals surface area contributed by atoms with E-state index < -0.39 is 0 Å². The molecule has 2 N–H and O–H groups in total. The lowest BCUT2D eigenvalue weighted by Crippen LogP contribution is -2.25. The zero-order valence-corrected chi connectivity index (χ0v) is 11.7. The van der Waals surface area contributed by atoms with Crippen LogP contribution in [0.15, 0.2) is 30.5 Å². The topological polar surface area (TPSA) is 83.8 Å². The van der Waals surface area contributed by atoms with E-state index in [0.717, 1.165) is 17.1 Å². The number of nitro benzene ring substituents is 1. The van der Waals surface area contributed by atoms with Crippen LogP contribution >= 0.6 is 0 Å². The number of hydrogen-bond donors (Lipinski definition) is 2. The number of H-pyrrole nitrogens is 1. The molecule has 1 aliphatic rings. The van der Waals surface area contributed by atoms with Crippen molar-refractivity contribution >= 4 is 5.69 Å². The van der Waals surface area contributed by atoms with Gasteiger partial charge >= 0.3 is 0 Å². The highest BCUT2D eigenvalue weighted by molar-refractivity contribution is 5.61. The number of nitrogens with zero attached hydrogens (tertiary/aromatic N) is 2. The molecular weight excluding hydrogens is 268 g/mol. The van der Waals surface area contributed by atoms with Gasteiger partial charge in [0.25, 0.3) is 5.69 Å². The van der Waals surface area contributed by atoms with Crippen LogP contribution in [0.4, 0.5) is 5.69 Å². The van der Waals surface area contributed by atoms with Crippen molar-refractivity contribution in [3.63, 3.8) is 0 Å². The Morgan fingerprint density at radius 2 is 2.19 bits per heavy atom. The summed E-state index contributed by atoms with van der Waals surface area (Å²) in [6.45, 7) is 0.708. The summed E-state index contributed by atoms with van der Waals surface area (Å²) in [6.07, 6.45) is 6.80. The lowest BCUT2D eigenvalue weighted by Gasteiger charge is -2.09. The van der Waals surface area contributed by atoms with E-state index in [2.05, 4.69) is 15.3 Å². The Bertz CT molecular complexity index is 632. The van der Waals surface area contributed by atoms with Crippen molar-refractivity contribution < 1.29 is 4.92 Å². The molecule has 0 spiro atoms. The minimum atomic E-state index is -0.386. The summed E-state index contributed by atoms with van der Waals surface area (Å²) < 4.78 is 0. The highest BCUT2D eigenvalue weighted by Gasteiger charge is 2.15. The Kier molecular flexibility index (Phi) is 3.96. The Morgan fingerprint density at radius 3 is 2.95 bits per heavy atom. The van der Waals surface area contributed by atoms with Gasteiger partial charge in [0.2, 0.25) is 0 Å². The Hall–Kier alpha value is -2.21. The van der Waals surface area contributed by atoms with Crippen molar-refractivity contribution in [3.8, 4) is 11.3 Å². The van der Waals surface area contributed by atoms with Gasteiger partial charge in [0, 0.05) is 23.7 Å². The predicted molar refractivity (Wildman–Crippen MR) is 79.8 cm³/mol. The second-order valence-electron chi connectivity index (χ2n) is 5.41. The smallest absolute Gasteiger partial charge is 0.270 e. The molecule has 2 aromatic rings. The number of non-ortho nitro benzene ring substituents is 1. The van der Waals surface area contributed by atoms with Crippen molar-refractivity contribution in [2.45, 2.75) is 38.3 Å². The maximum atomic E-state index is 10.8. The van der Waals surface area contributed by atoms with E-state index in [0.29, 0.717) is 12.6 Å². The van der Waals surface area contributed by atoms with E-state index in [4.69, 9.17) is 0 Å². The number of benzene rings is 1. The lowest BCUT2D eigenvalue weighted by molar-refractivity contribution is -0.384. The van der Waals surface area contributed by atoms with Crippen LogP contribution in [0.25, 0.3) is 11.3 Å². The van der Waals surface area contributed by atoms with Crippen LogP contribution in [0.1, 0.15) is 31.5 Å². The summed E-state index contributed by atoms with van der Waals surface area (Å²) in [4.78, 5) is 18.0. The molecule has 1 aliphatic carbocycles. The summed E-state index contributed by atoms with van der Waals surface area (Å²) in [5.74, 6) is 0.864. The first-order valence-corrected chi connectivity index (χ1v) is 7.24. The van der Waals surface area contributed by atoms with Crippen LogP contribution < -0.4 is 5.32 Å². The molecule has 0 radical (unpaired) electrons. The maximum Gasteiger partial charge on any atom is 0.270 e. The first-order chi connectivity index (χ1) is 10.2. The molecule has 0 unspecified atom stereocenters. The molecular formula is C15H18N4O2. The van der Waals surface area contributed by atoms with Crippen molar-refractivity contribution in [1.82, 2.24) is 15.3 Å². The van der Waals surface area contributed by atoms with E-state index in [-0.39, 0.29) is 10.6 Å². The van der Waals surface area contributed by atoms with Crippen molar-refractivity contribution in [1.29, 1.82) is 0 Å². The van der Waals surface area contributed by atoms with E-state index in [1.807, 2.05) is 6.07 Å². The molecule has 1 saturated carbocycles. The average molecular weight is 286 g/mol. The molecule has 0 saturated heterocycles. The van der Waals surface area contributed by atoms with Crippen molar-refractivity contribution in [2.75, 3.05) is 0 Å². The third-order valence-electron chi connectivity index (χ3n) is 3.91. The molecule has 6 nitrogen and oxygen atoms in total. The van der Waals surface area contributed by atoms with E-state index >= 15 is 0 Å².